The van der Waals surface area contributed by atoms with Crippen molar-refractivity contribution in [1.29, 1.82) is 5.26 Å². The van der Waals surface area contributed by atoms with Crippen LogP contribution in [-0.4, -0.2) is 25.0 Å². The van der Waals surface area contributed by atoms with E-state index in [4.69, 9.17) is 4.74 Å². The van der Waals surface area contributed by atoms with Crippen molar-refractivity contribution in [3.05, 3.63) is 143 Å². The SMILES string of the molecule is COC(=O)[C@H](Cc1ccccc1C#N)NC(=O)C(c1ccccc1)(c1ccccc1)c1ccccc1. The number of esters is 1. The highest BCUT2D eigenvalue weighted by Gasteiger charge is 2.45. The normalized spacial score (nSPS) is 11.7. The van der Waals surface area contributed by atoms with E-state index in [1.54, 1.807) is 24.3 Å². The van der Waals surface area contributed by atoms with E-state index in [1.807, 2.05) is 91.0 Å². The third-order valence-corrected chi connectivity index (χ3v) is 6.31. The summed E-state index contributed by atoms with van der Waals surface area (Å²) in [4.78, 5) is 27.3. The fourth-order valence-corrected chi connectivity index (χ4v) is 4.59. The number of rotatable bonds is 8. The smallest absolute Gasteiger partial charge is 0.328 e. The molecule has 4 aromatic carbocycles. The van der Waals surface area contributed by atoms with Crippen molar-refractivity contribution in [2.24, 2.45) is 0 Å². The van der Waals surface area contributed by atoms with Gasteiger partial charge in [0.1, 0.15) is 11.5 Å². The van der Waals surface area contributed by atoms with Crippen LogP contribution in [0.3, 0.4) is 0 Å². The Balaban J connectivity index is 1.86. The predicted octanol–water partition coefficient (Wildman–Crippen LogP) is 4.79. The summed E-state index contributed by atoms with van der Waals surface area (Å²) in [5.74, 6) is -0.949. The second-order valence-corrected chi connectivity index (χ2v) is 8.37. The molecule has 0 aliphatic heterocycles. The highest BCUT2D eigenvalue weighted by molar-refractivity contribution is 5.98. The number of hydrogen-bond acceptors (Lipinski definition) is 4. The van der Waals surface area contributed by atoms with Crippen molar-refractivity contribution in [2.75, 3.05) is 7.11 Å². The van der Waals surface area contributed by atoms with Crippen molar-refractivity contribution in [1.82, 2.24) is 5.32 Å². The molecule has 0 aliphatic rings. The van der Waals surface area contributed by atoms with Crippen molar-refractivity contribution in [3.63, 3.8) is 0 Å². The molecule has 0 radical (unpaired) electrons. The van der Waals surface area contributed by atoms with Gasteiger partial charge in [0.15, 0.2) is 0 Å². The van der Waals surface area contributed by atoms with Gasteiger partial charge in [0, 0.05) is 6.42 Å². The number of amides is 1. The quantitative estimate of drug-likeness (QED) is 0.294. The third kappa shape index (κ3) is 4.75. The lowest BCUT2D eigenvalue weighted by Crippen LogP contribution is -2.52. The van der Waals surface area contributed by atoms with Crippen LogP contribution in [0, 0.1) is 11.3 Å². The van der Waals surface area contributed by atoms with Crippen LogP contribution < -0.4 is 5.32 Å². The maximum absolute atomic E-state index is 14.5. The average molecular weight is 475 g/mol. The van der Waals surface area contributed by atoms with Gasteiger partial charge in [0.25, 0.3) is 0 Å². The van der Waals surface area contributed by atoms with E-state index < -0.39 is 17.4 Å². The van der Waals surface area contributed by atoms with E-state index in [0.717, 1.165) is 16.7 Å². The Kier molecular flexibility index (Phi) is 7.57. The first kappa shape index (κ1) is 24.4. The first-order chi connectivity index (χ1) is 17.6. The van der Waals surface area contributed by atoms with Crippen molar-refractivity contribution < 1.29 is 14.3 Å². The van der Waals surface area contributed by atoms with Crippen LogP contribution in [0.15, 0.2) is 115 Å². The fourth-order valence-electron chi connectivity index (χ4n) is 4.59. The standard InChI is InChI=1S/C31H26N2O3/c1-36-29(34)28(21-23-13-11-12-14-24(23)22-32)33-30(35)31(25-15-5-2-6-16-25,26-17-7-3-8-18-26)27-19-9-4-10-20-27/h2-20,28H,21H2,1H3,(H,33,35)/t28-/m0/s1. The summed E-state index contributed by atoms with van der Waals surface area (Å²) >= 11 is 0. The Hall–Kier alpha value is -4.69. The molecular formula is C31H26N2O3. The Labute approximate surface area is 211 Å². The Morgan fingerprint density at radius 1 is 0.778 bits per heavy atom. The molecule has 0 heterocycles. The molecule has 1 amide bonds. The number of hydrogen-bond donors (Lipinski definition) is 1. The molecule has 0 aromatic heterocycles. The molecule has 36 heavy (non-hydrogen) atoms. The van der Waals surface area contributed by atoms with Crippen molar-refractivity contribution in [2.45, 2.75) is 17.9 Å². The number of nitrogens with one attached hydrogen (secondary N) is 1. The van der Waals surface area contributed by atoms with Gasteiger partial charge >= 0.3 is 5.97 Å². The van der Waals surface area contributed by atoms with E-state index in [-0.39, 0.29) is 12.3 Å². The molecule has 1 atom stereocenters. The van der Waals surface area contributed by atoms with E-state index >= 15 is 0 Å². The summed E-state index contributed by atoms with van der Waals surface area (Å²) < 4.78 is 5.05. The topological polar surface area (TPSA) is 79.2 Å². The zero-order chi connectivity index (χ0) is 25.4. The van der Waals surface area contributed by atoms with Crippen LogP contribution >= 0.6 is 0 Å². The summed E-state index contributed by atoms with van der Waals surface area (Å²) in [5.41, 5.74) is 2.16. The minimum absolute atomic E-state index is 0.122. The van der Waals surface area contributed by atoms with Crippen LogP contribution in [0.1, 0.15) is 27.8 Å². The van der Waals surface area contributed by atoms with Gasteiger partial charge in [0.2, 0.25) is 5.91 Å². The highest BCUT2D eigenvalue weighted by Crippen LogP contribution is 2.39. The number of ether oxygens (including phenoxy) is 1. The van der Waals surface area contributed by atoms with Gasteiger partial charge in [-0.15, -0.1) is 0 Å². The minimum Gasteiger partial charge on any atom is -0.467 e. The van der Waals surface area contributed by atoms with Gasteiger partial charge in [0.05, 0.1) is 18.7 Å². The minimum atomic E-state index is -1.23. The van der Waals surface area contributed by atoms with Gasteiger partial charge in [-0.2, -0.15) is 5.26 Å². The summed E-state index contributed by atoms with van der Waals surface area (Å²) in [6, 6.07) is 36.7. The van der Waals surface area contributed by atoms with Crippen LogP contribution in [0.25, 0.3) is 0 Å². The number of methoxy groups -OCH3 is 1. The first-order valence-electron chi connectivity index (χ1n) is 11.6. The second kappa shape index (κ2) is 11.2. The molecule has 0 unspecified atom stereocenters. The number of benzene rings is 4. The molecule has 5 nitrogen and oxygen atoms in total. The van der Waals surface area contributed by atoms with E-state index in [2.05, 4.69) is 11.4 Å². The fraction of sp³-hybridized carbons (Fsp3) is 0.129. The van der Waals surface area contributed by atoms with E-state index in [1.165, 1.54) is 7.11 Å². The lowest BCUT2D eigenvalue weighted by molar-refractivity contribution is -0.145. The Morgan fingerprint density at radius 2 is 1.22 bits per heavy atom. The Bertz CT molecular complexity index is 1270. The van der Waals surface area contributed by atoms with E-state index in [0.29, 0.717) is 11.1 Å². The predicted molar refractivity (Wildman–Crippen MR) is 138 cm³/mol. The summed E-state index contributed by atoms with van der Waals surface area (Å²) in [6.45, 7) is 0. The first-order valence-corrected chi connectivity index (χ1v) is 11.6. The zero-order valence-electron chi connectivity index (χ0n) is 19.9. The monoisotopic (exact) mass is 474 g/mol. The van der Waals surface area contributed by atoms with Crippen LogP contribution in [0.2, 0.25) is 0 Å². The number of nitrogens with zero attached hydrogens (tertiary/aromatic N) is 1. The van der Waals surface area contributed by atoms with Crippen LogP contribution in [0.4, 0.5) is 0 Å². The van der Waals surface area contributed by atoms with Gasteiger partial charge in [-0.25, -0.2) is 4.79 Å². The van der Waals surface area contributed by atoms with Crippen molar-refractivity contribution >= 4 is 11.9 Å². The third-order valence-electron chi connectivity index (χ3n) is 6.31. The van der Waals surface area contributed by atoms with Crippen LogP contribution in [-0.2, 0) is 26.2 Å². The molecule has 1 N–H and O–H groups in total. The summed E-state index contributed by atoms with van der Waals surface area (Å²) in [7, 11) is 1.29. The molecule has 0 bridgehead atoms. The van der Waals surface area contributed by atoms with E-state index in [9.17, 15) is 14.9 Å². The van der Waals surface area contributed by atoms with Crippen LogP contribution in [0.5, 0.6) is 0 Å². The molecule has 0 spiro atoms. The zero-order valence-corrected chi connectivity index (χ0v) is 19.9. The number of carbonyl (C=O) groups is 2. The maximum Gasteiger partial charge on any atom is 0.328 e. The second-order valence-electron chi connectivity index (χ2n) is 8.37. The van der Waals surface area contributed by atoms with Gasteiger partial charge < -0.3 is 10.1 Å². The molecule has 0 fully saturated rings. The molecule has 4 aromatic rings. The molecule has 178 valence electrons. The molecule has 0 saturated heterocycles. The van der Waals surface area contributed by atoms with Gasteiger partial charge in [-0.05, 0) is 28.3 Å². The molecule has 4 rings (SSSR count). The summed E-state index contributed by atoms with van der Waals surface area (Å²) in [5, 5.41) is 12.5. The molecular weight excluding hydrogens is 448 g/mol. The molecule has 0 saturated carbocycles. The largest absolute Gasteiger partial charge is 0.467 e. The lowest BCUT2D eigenvalue weighted by atomic mass is 9.68. The number of carbonyl (C=O) groups excluding carboxylic acids is 2. The summed E-state index contributed by atoms with van der Waals surface area (Å²) in [6.07, 6.45) is 0.122. The molecule has 5 heteroatoms. The van der Waals surface area contributed by atoms with Gasteiger partial charge in [-0.1, -0.05) is 109 Å². The Morgan fingerprint density at radius 3 is 1.67 bits per heavy atom. The maximum atomic E-state index is 14.5. The highest BCUT2D eigenvalue weighted by atomic mass is 16.5. The molecule has 0 aliphatic carbocycles. The number of nitriles is 1. The van der Waals surface area contributed by atoms with Crippen molar-refractivity contribution in [3.8, 4) is 6.07 Å². The lowest BCUT2D eigenvalue weighted by Gasteiger charge is -2.35. The van der Waals surface area contributed by atoms with Gasteiger partial charge in [-0.3, -0.25) is 4.79 Å². The average Bonchev–Trinajstić information content (AvgIpc) is 2.94.